The van der Waals surface area contributed by atoms with Gasteiger partial charge in [0.25, 0.3) is 11.2 Å². The predicted octanol–water partition coefficient (Wildman–Crippen LogP) is 2.24. The maximum atomic E-state index is 12.0. The first-order chi connectivity index (χ1) is 11.6. The van der Waals surface area contributed by atoms with Crippen LogP contribution in [0.25, 0.3) is 11.1 Å². The minimum atomic E-state index is -1.83. The number of aromatic carboxylic acids is 2. The molecule has 0 atom stereocenters. The van der Waals surface area contributed by atoms with E-state index in [0.717, 1.165) is 12.1 Å². The van der Waals surface area contributed by atoms with Gasteiger partial charge >= 0.3 is 11.9 Å². The van der Waals surface area contributed by atoms with Gasteiger partial charge in [0.1, 0.15) is 16.9 Å². The van der Waals surface area contributed by atoms with E-state index in [0.29, 0.717) is 0 Å². The minimum absolute atomic E-state index is 0.214. The number of benzene rings is 1. The average Bonchev–Trinajstić information content (AvgIpc) is 2.47. The fourth-order valence-electron chi connectivity index (χ4n) is 2.23. The Morgan fingerprint density at radius 3 is 2.16 bits per heavy atom. The number of nitrogen functional groups attached to an aromatic ring is 1. The normalized spacial score (nSPS) is 10.5. The number of nitro groups is 1. The predicted molar refractivity (Wildman–Crippen MR) is 87.5 cm³/mol. The number of aromatic amines is 1. The summed E-state index contributed by atoms with van der Waals surface area (Å²) in [5, 5.41) is 29.2. The second-order valence-corrected chi connectivity index (χ2v) is 5.40. The Kier molecular flexibility index (Phi) is 4.68. The molecule has 25 heavy (non-hydrogen) atoms. The Labute approximate surface area is 147 Å². The number of pyridine rings is 1. The van der Waals surface area contributed by atoms with Crippen molar-refractivity contribution in [2.45, 2.75) is 0 Å². The van der Waals surface area contributed by atoms with Crippen LogP contribution in [0.2, 0.25) is 10.0 Å². The molecule has 10 nitrogen and oxygen atoms in total. The number of hydrogen-bond donors (Lipinski definition) is 4. The molecule has 0 aliphatic rings. The molecule has 0 fully saturated rings. The largest absolute Gasteiger partial charge is 0.478 e. The third-order valence-corrected chi connectivity index (χ3v) is 4.00. The topological polar surface area (TPSA) is 177 Å². The summed E-state index contributed by atoms with van der Waals surface area (Å²) < 4.78 is 0. The molecule has 130 valence electrons. The minimum Gasteiger partial charge on any atom is -0.478 e. The SMILES string of the molecule is Nc1[nH]c(=O)c(C(=O)O)c(-c2c([N+](=O)[O-])ccc(Cl)c2Cl)c1C(=O)O. The van der Waals surface area contributed by atoms with Crippen LogP contribution in [0.5, 0.6) is 0 Å². The number of carbonyl (C=O) groups is 2. The van der Waals surface area contributed by atoms with E-state index in [9.17, 15) is 34.7 Å². The first-order valence-corrected chi connectivity index (χ1v) is 6.98. The molecule has 0 bridgehead atoms. The second kappa shape index (κ2) is 6.42. The number of halogens is 2. The zero-order valence-electron chi connectivity index (χ0n) is 11.9. The summed E-state index contributed by atoms with van der Waals surface area (Å²) >= 11 is 11.8. The Balaban J connectivity index is 3.20. The van der Waals surface area contributed by atoms with Crippen LogP contribution in [0.4, 0.5) is 11.5 Å². The van der Waals surface area contributed by atoms with E-state index in [-0.39, 0.29) is 5.02 Å². The zero-order chi connectivity index (χ0) is 19.0. The van der Waals surface area contributed by atoms with Crippen molar-refractivity contribution in [3.05, 3.63) is 53.8 Å². The van der Waals surface area contributed by atoms with Crippen LogP contribution in [-0.2, 0) is 0 Å². The molecule has 1 aromatic heterocycles. The summed E-state index contributed by atoms with van der Waals surface area (Å²) in [5.41, 5.74) is 0.103. The van der Waals surface area contributed by atoms with Crippen molar-refractivity contribution in [3.63, 3.8) is 0 Å². The van der Waals surface area contributed by atoms with E-state index >= 15 is 0 Å². The Bertz CT molecular complexity index is 1000. The van der Waals surface area contributed by atoms with E-state index in [1.54, 1.807) is 0 Å². The number of nitrogens with two attached hydrogens (primary N) is 1. The average molecular weight is 388 g/mol. The van der Waals surface area contributed by atoms with Crippen molar-refractivity contribution in [2.75, 3.05) is 5.73 Å². The molecule has 5 N–H and O–H groups in total. The van der Waals surface area contributed by atoms with Crippen LogP contribution in [0.3, 0.4) is 0 Å². The number of carboxylic acid groups (broad SMARTS) is 2. The fraction of sp³-hybridized carbons (Fsp3) is 0. The first kappa shape index (κ1) is 18.2. The number of hydrogen-bond acceptors (Lipinski definition) is 6. The Morgan fingerprint density at radius 1 is 1.12 bits per heavy atom. The van der Waals surface area contributed by atoms with Gasteiger partial charge in [-0.3, -0.25) is 14.9 Å². The molecule has 0 aliphatic carbocycles. The monoisotopic (exact) mass is 387 g/mol. The number of H-pyrrole nitrogens is 1. The first-order valence-electron chi connectivity index (χ1n) is 6.23. The fourth-order valence-corrected chi connectivity index (χ4v) is 2.64. The lowest BCUT2D eigenvalue weighted by molar-refractivity contribution is -0.384. The summed E-state index contributed by atoms with van der Waals surface area (Å²) in [6, 6.07) is 1.97. The molecular formula is C13H7Cl2N3O7. The van der Waals surface area contributed by atoms with Crippen LogP contribution < -0.4 is 11.3 Å². The highest BCUT2D eigenvalue weighted by Gasteiger charge is 2.33. The van der Waals surface area contributed by atoms with Crippen molar-refractivity contribution in [3.8, 4) is 11.1 Å². The highest BCUT2D eigenvalue weighted by Crippen LogP contribution is 2.43. The quantitative estimate of drug-likeness (QED) is 0.455. The number of anilines is 1. The van der Waals surface area contributed by atoms with Gasteiger partial charge in [-0.15, -0.1) is 0 Å². The number of aromatic nitrogens is 1. The van der Waals surface area contributed by atoms with Gasteiger partial charge in [0.2, 0.25) is 0 Å². The Hall–Kier alpha value is -3.11. The van der Waals surface area contributed by atoms with Crippen molar-refractivity contribution >= 4 is 46.6 Å². The lowest BCUT2D eigenvalue weighted by Crippen LogP contribution is -2.24. The van der Waals surface area contributed by atoms with E-state index in [1.807, 2.05) is 4.98 Å². The van der Waals surface area contributed by atoms with Crippen molar-refractivity contribution in [2.24, 2.45) is 0 Å². The molecule has 0 aliphatic heterocycles. The van der Waals surface area contributed by atoms with E-state index in [4.69, 9.17) is 28.9 Å². The van der Waals surface area contributed by atoms with Gasteiger partial charge in [0.05, 0.1) is 20.5 Å². The maximum absolute atomic E-state index is 12.0. The van der Waals surface area contributed by atoms with Crippen molar-refractivity contribution < 1.29 is 24.7 Å². The van der Waals surface area contributed by atoms with E-state index in [1.165, 1.54) is 0 Å². The number of carboxylic acids is 2. The molecular weight excluding hydrogens is 381 g/mol. The number of nitrogens with zero attached hydrogens (tertiary/aromatic N) is 1. The van der Waals surface area contributed by atoms with Gasteiger partial charge in [-0.2, -0.15) is 0 Å². The lowest BCUT2D eigenvalue weighted by Gasteiger charge is -2.14. The number of nitro benzene ring substituents is 1. The number of nitrogens with one attached hydrogen (secondary N) is 1. The van der Waals surface area contributed by atoms with E-state index < -0.39 is 61.2 Å². The van der Waals surface area contributed by atoms with Gasteiger partial charge in [-0.25, -0.2) is 9.59 Å². The molecule has 0 saturated carbocycles. The molecule has 1 aromatic carbocycles. The summed E-state index contributed by atoms with van der Waals surface area (Å²) in [4.78, 5) is 47.2. The molecule has 2 aromatic rings. The standard InChI is InChI=1S/C13H7Cl2N3O7/c14-3-1-2-4(18(24)25)5(9(3)15)6-7(12(20)21)10(16)17-11(19)8(6)13(22)23/h1-2H,(H,20,21)(H,22,23)(H3,16,17,19). The zero-order valence-corrected chi connectivity index (χ0v) is 13.4. The van der Waals surface area contributed by atoms with Crippen LogP contribution in [0, 0.1) is 10.1 Å². The highest BCUT2D eigenvalue weighted by atomic mass is 35.5. The van der Waals surface area contributed by atoms with Gasteiger partial charge in [-0.1, -0.05) is 23.2 Å². The molecule has 12 heteroatoms. The highest BCUT2D eigenvalue weighted by molar-refractivity contribution is 6.44. The van der Waals surface area contributed by atoms with Crippen LogP contribution >= 0.6 is 23.2 Å². The van der Waals surface area contributed by atoms with Gasteiger partial charge in [0.15, 0.2) is 0 Å². The summed E-state index contributed by atoms with van der Waals surface area (Å²) in [6.45, 7) is 0. The van der Waals surface area contributed by atoms with Crippen molar-refractivity contribution in [1.82, 2.24) is 4.98 Å². The third-order valence-electron chi connectivity index (χ3n) is 3.19. The summed E-state index contributed by atoms with van der Waals surface area (Å²) in [5.74, 6) is -4.25. The summed E-state index contributed by atoms with van der Waals surface area (Å²) in [7, 11) is 0. The van der Waals surface area contributed by atoms with Gasteiger partial charge < -0.3 is 20.9 Å². The van der Waals surface area contributed by atoms with Crippen molar-refractivity contribution in [1.29, 1.82) is 0 Å². The van der Waals surface area contributed by atoms with Crippen LogP contribution in [0.15, 0.2) is 16.9 Å². The molecule has 2 rings (SSSR count). The molecule has 0 amide bonds. The molecule has 0 saturated heterocycles. The molecule has 0 radical (unpaired) electrons. The summed E-state index contributed by atoms with van der Waals surface area (Å²) in [6.07, 6.45) is 0. The van der Waals surface area contributed by atoms with E-state index in [2.05, 4.69) is 0 Å². The van der Waals surface area contributed by atoms with Crippen LogP contribution in [0.1, 0.15) is 20.7 Å². The molecule has 1 heterocycles. The number of rotatable bonds is 4. The van der Waals surface area contributed by atoms with Gasteiger partial charge in [0, 0.05) is 11.6 Å². The lowest BCUT2D eigenvalue weighted by atomic mass is 9.94. The van der Waals surface area contributed by atoms with Crippen LogP contribution in [-0.4, -0.2) is 32.1 Å². The maximum Gasteiger partial charge on any atom is 0.342 e. The second-order valence-electron chi connectivity index (χ2n) is 4.62. The Morgan fingerprint density at radius 2 is 1.68 bits per heavy atom. The molecule has 0 spiro atoms. The third kappa shape index (κ3) is 2.99. The van der Waals surface area contributed by atoms with Gasteiger partial charge in [-0.05, 0) is 6.07 Å². The smallest absolute Gasteiger partial charge is 0.342 e. The molecule has 0 unspecified atom stereocenters.